The Kier molecular flexibility index (Phi) is 9.91. The average Bonchev–Trinajstić information content (AvgIpc) is 2.66. The zero-order chi connectivity index (χ0) is 23.0. The molecular weight excluding hydrogens is 437 g/mol. The molecule has 0 radical (unpaired) electrons. The van der Waals surface area contributed by atoms with Gasteiger partial charge in [-0.1, -0.05) is 44.0 Å². The summed E-state index contributed by atoms with van der Waals surface area (Å²) < 4.78 is 5.06. The van der Waals surface area contributed by atoms with Crippen molar-refractivity contribution in [2.24, 2.45) is 11.3 Å². The molecule has 1 unspecified atom stereocenters. The van der Waals surface area contributed by atoms with Crippen LogP contribution in [-0.2, 0) is 16.1 Å². The van der Waals surface area contributed by atoms with E-state index in [1.54, 1.807) is 13.0 Å². The van der Waals surface area contributed by atoms with Crippen LogP contribution in [0.5, 0.6) is 0 Å². The van der Waals surface area contributed by atoms with Crippen LogP contribution in [0.2, 0.25) is 10.0 Å². The van der Waals surface area contributed by atoms with E-state index < -0.39 is 0 Å². The van der Waals surface area contributed by atoms with Crippen LogP contribution in [0.25, 0.3) is 0 Å². The number of benzene rings is 1. The first-order valence-electron chi connectivity index (χ1n) is 10.9. The highest BCUT2D eigenvalue weighted by Crippen LogP contribution is 2.25. The molecule has 8 heteroatoms. The molecule has 0 spiro atoms. The van der Waals surface area contributed by atoms with Crippen molar-refractivity contribution in [2.45, 2.75) is 59.5 Å². The fourth-order valence-corrected chi connectivity index (χ4v) is 4.30. The van der Waals surface area contributed by atoms with Crippen LogP contribution in [0.4, 0.5) is 4.79 Å². The van der Waals surface area contributed by atoms with E-state index in [1.807, 2.05) is 12.1 Å². The van der Waals surface area contributed by atoms with Crippen molar-refractivity contribution >= 4 is 35.2 Å². The number of hydrogen-bond acceptors (Lipinski definition) is 4. The normalized spacial score (nSPS) is 16.6. The van der Waals surface area contributed by atoms with Gasteiger partial charge < -0.3 is 20.3 Å². The highest BCUT2D eigenvalue weighted by atomic mass is 35.5. The highest BCUT2D eigenvalue weighted by molar-refractivity contribution is 6.34. The van der Waals surface area contributed by atoms with Gasteiger partial charge >= 0.3 is 6.09 Å². The maximum Gasteiger partial charge on any atom is 0.407 e. The molecule has 174 valence electrons. The Labute approximate surface area is 196 Å². The van der Waals surface area contributed by atoms with E-state index in [2.05, 4.69) is 36.3 Å². The number of halogens is 2. The van der Waals surface area contributed by atoms with Crippen LogP contribution in [0.1, 0.15) is 52.5 Å². The molecule has 2 N–H and O–H groups in total. The van der Waals surface area contributed by atoms with Gasteiger partial charge in [0.2, 0.25) is 5.91 Å². The molecule has 1 aliphatic rings. The van der Waals surface area contributed by atoms with E-state index >= 15 is 0 Å². The quantitative estimate of drug-likeness (QED) is 0.566. The van der Waals surface area contributed by atoms with E-state index in [-0.39, 0.29) is 23.5 Å². The van der Waals surface area contributed by atoms with E-state index in [9.17, 15) is 9.59 Å². The smallest absolute Gasteiger partial charge is 0.407 e. The van der Waals surface area contributed by atoms with E-state index in [0.717, 1.165) is 38.0 Å². The molecule has 1 aromatic carbocycles. The Hall–Kier alpha value is -1.50. The molecule has 6 nitrogen and oxygen atoms in total. The van der Waals surface area contributed by atoms with Crippen LogP contribution in [-0.4, -0.2) is 49.2 Å². The number of alkyl carbamates (subject to hydrolysis) is 1. The topological polar surface area (TPSA) is 70.7 Å². The van der Waals surface area contributed by atoms with Crippen molar-refractivity contribution < 1.29 is 14.3 Å². The van der Waals surface area contributed by atoms with Gasteiger partial charge in [0.05, 0.1) is 6.61 Å². The summed E-state index contributed by atoms with van der Waals surface area (Å²) >= 11 is 12.0. The predicted molar refractivity (Wildman–Crippen MR) is 125 cm³/mol. The molecule has 0 aromatic heterocycles. The number of hydrogen-bond donors (Lipinski definition) is 2. The van der Waals surface area contributed by atoms with Crippen molar-refractivity contribution in [3.8, 4) is 0 Å². The minimum Gasteiger partial charge on any atom is -0.450 e. The fourth-order valence-electron chi connectivity index (χ4n) is 3.73. The summed E-state index contributed by atoms with van der Waals surface area (Å²) in [5.41, 5.74) is 0.815. The van der Waals surface area contributed by atoms with Gasteiger partial charge in [-0.3, -0.25) is 4.79 Å². The second kappa shape index (κ2) is 11.9. The Morgan fingerprint density at radius 1 is 1.16 bits per heavy atom. The van der Waals surface area contributed by atoms with Gasteiger partial charge in [-0.25, -0.2) is 4.79 Å². The van der Waals surface area contributed by atoms with Crippen LogP contribution in [0.3, 0.4) is 0 Å². The zero-order valence-electron chi connectivity index (χ0n) is 19.0. The summed E-state index contributed by atoms with van der Waals surface area (Å²) in [6.07, 6.45) is 2.08. The molecule has 0 bridgehead atoms. The summed E-state index contributed by atoms with van der Waals surface area (Å²) in [6, 6.07) is 5.29. The number of piperidine rings is 1. The number of amides is 2. The van der Waals surface area contributed by atoms with Gasteiger partial charge in [0.15, 0.2) is 0 Å². The molecular formula is C23H35Cl2N3O3. The van der Waals surface area contributed by atoms with E-state index in [0.29, 0.717) is 35.5 Å². The number of nitrogens with zero attached hydrogens (tertiary/aromatic N) is 1. The molecule has 2 rings (SSSR count). The number of likely N-dealkylation sites (tertiary alicyclic amines) is 1. The molecule has 1 heterocycles. The lowest BCUT2D eigenvalue weighted by atomic mass is 9.85. The Balaban J connectivity index is 1.76. The Morgan fingerprint density at radius 2 is 1.77 bits per heavy atom. The predicted octanol–water partition coefficient (Wildman–Crippen LogP) is 4.87. The molecule has 1 fully saturated rings. The van der Waals surface area contributed by atoms with E-state index in [4.69, 9.17) is 27.9 Å². The standard InChI is InChI=1S/C23H35Cl2N3O3/c1-5-31-22(30)27-20(23(2,3)4)15-28-8-6-16(7-9-28)12-21(29)26-14-17-10-18(24)13-19(25)11-17/h10-11,13,16,20H,5-9,12,14-15H2,1-4H3,(H,26,29)(H,27,30). The Morgan fingerprint density at radius 3 is 2.32 bits per heavy atom. The zero-order valence-corrected chi connectivity index (χ0v) is 20.5. The summed E-state index contributed by atoms with van der Waals surface area (Å²) in [6.45, 7) is 11.5. The maximum absolute atomic E-state index is 12.4. The van der Waals surface area contributed by atoms with Crippen molar-refractivity contribution in [3.63, 3.8) is 0 Å². The van der Waals surface area contributed by atoms with Gasteiger partial charge in [0, 0.05) is 35.6 Å². The molecule has 1 atom stereocenters. The van der Waals surface area contributed by atoms with Gasteiger partial charge in [-0.15, -0.1) is 0 Å². The van der Waals surface area contributed by atoms with Gasteiger partial charge in [-0.05, 0) is 68.0 Å². The Bertz CT molecular complexity index is 724. The van der Waals surface area contributed by atoms with Crippen LogP contribution < -0.4 is 10.6 Å². The minimum absolute atomic E-state index is 0.00378. The molecule has 0 aliphatic carbocycles. The third-order valence-electron chi connectivity index (χ3n) is 5.65. The van der Waals surface area contributed by atoms with Crippen molar-refractivity contribution in [3.05, 3.63) is 33.8 Å². The lowest BCUT2D eigenvalue weighted by molar-refractivity contribution is -0.122. The second-order valence-electron chi connectivity index (χ2n) is 9.29. The first-order chi connectivity index (χ1) is 14.6. The fraction of sp³-hybridized carbons (Fsp3) is 0.652. The number of carbonyl (C=O) groups is 2. The third kappa shape index (κ3) is 9.26. The van der Waals surface area contributed by atoms with Crippen LogP contribution >= 0.6 is 23.2 Å². The van der Waals surface area contributed by atoms with Crippen LogP contribution in [0.15, 0.2) is 18.2 Å². The first kappa shape index (κ1) is 25.8. The number of nitrogens with one attached hydrogen (secondary N) is 2. The number of rotatable bonds is 8. The molecule has 1 saturated heterocycles. The summed E-state index contributed by atoms with van der Waals surface area (Å²) in [4.78, 5) is 26.6. The van der Waals surface area contributed by atoms with E-state index in [1.165, 1.54) is 0 Å². The molecule has 1 aliphatic heterocycles. The van der Waals surface area contributed by atoms with Gasteiger partial charge in [-0.2, -0.15) is 0 Å². The molecule has 2 amide bonds. The third-order valence-corrected chi connectivity index (χ3v) is 6.08. The second-order valence-corrected chi connectivity index (χ2v) is 10.2. The molecule has 0 saturated carbocycles. The molecule has 31 heavy (non-hydrogen) atoms. The number of ether oxygens (including phenoxy) is 1. The lowest BCUT2D eigenvalue weighted by Gasteiger charge is -2.38. The van der Waals surface area contributed by atoms with Crippen LogP contribution in [0, 0.1) is 11.3 Å². The van der Waals surface area contributed by atoms with Gasteiger partial charge in [0.1, 0.15) is 0 Å². The first-order valence-corrected chi connectivity index (χ1v) is 11.7. The largest absolute Gasteiger partial charge is 0.450 e. The summed E-state index contributed by atoms with van der Waals surface area (Å²) in [5.74, 6) is 0.413. The summed E-state index contributed by atoms with van der Waals surface area (Å²) in [5, 5.41) is 7.10. The number of carbonyl (C=O) groups excluding carboxylic acids is 2. The van der Waals surface area contributed by atoms with Crippen molar-refractivity contribution in [1.29, 1.82) is 0 Å². The SMILES string of the molecule is CCOC(=O)NC(CN1CCC(CC(=O)NCc2cc(Cl)cc(Cl)c2)CC1)C(C)(C)C. The monoisotopic (exact) mass is 471 g/mol. The lowest BCUT2D eigenvalue weighted by Crippen LogP contribution is -2.52. The summed E-state index contributed by atoms with van der Waals surface area (Å²) in [7, 11) is 0. The highest BCUT2D eigenvalue weighted by Gasteiger charge is 2.30. The van der Waals surface area contributed by atoms with Gasteiger partial charge in [0.25, 0.3) is 0 Å². The average molecular weight is 472 g/mol. The molecule has 1 aromatic rings. The van der Waals surface area contributed by atoms with Crippen molar-refractivity contribution in [2.75, 3.05) is 26.2 Å². The maximum atomic E-state index is 12.4. The van der Waals surface area contributed by atoms with Crippen molar-refractivity contribution in [1.82, 2.24) is 15.5 Å². The minimum atomic E-state index is -0.366.